The van der Waals surface area contributed by atoms with E-state index in [-0.39, 0.29) is 7.92 Å². The van der Waals surface area contributed by atoms with Gasteiger partial charge in [-0.1, -0.05) is 13.8 Å². The molecule has 0 aliphatic heterocycles. The summed E-state index contributed by atoms with van der Waals surface area (Å²) in [6, 6.07) is 4.05. The van der Waals surface area contributed by atoms with Gasteiger partial charge in [-0.2, -0.15) is 0 Å². The minimum atomic E-state index is 0.0190. The first-order valence-electron chi connectivity index (χ1n) is 3.67. The third kappa shape index (κ3) is 1.60. The molecule has 1 aromatic rings. The number of hydrogen-bond acceptors (Lipinski definition) is 1. The fourth-order valence-electron chi connectivity index (χ4n) is 0.985. The summed E-state index contributed by atoms with van der Waals surface area (Å²) in [7, 11) is 0.0190. The Morgan fingerprint density at radius 3 is 2.50 bits per heavy atom. The summed E-state index contributed by atoms with van der Waals surface area (Å²) in [6.07, 6.45) is 4.23. The van der Waals surface area contributed by atoms with Crippen molar-refractivity contribution in [3.05, 3.63) is 18.4 Å². The van der Waals surface area contributed by atoms with Crippen LogP contribution in [0.5, 0.6) is 0 Å². The molecule has 0 aliphatic rings. The van der Waals surface area contributed by atoms with Gasteiger partial charge in [0.15, 0.2) is 0 Å². The van der Waals surface area contributed by atoms with Gasteiger partial charge in [0, 0.05) is 0 Å². The van der Waals surface area contributed by atoms with Gasteiger partial charge < -0.3 is 4.42 Å². The highest BCUT2D eigenvalue weighted by Gasteiger charge is 2.06. The normalized spacial score (nSPS) is 10.7. The molecule has 0 radical (unpaired) electrons. The maximum absolute atomic E-state index is 5.31. The Bertz CT molecular complexity index is 165. The van der Waals surface area contributed by atoms with Gasteiger partial charge in [0.2, 0.25) is 0 Å². The fraction of sp³-hybridized carbons (Fsp3) is 0.500. The highest BCUT2D eigenvalue weighted by Crippen LogP contribution is 2.32. The maximum atomic E-state index is 5.31. The number of hydrogen-bond donors (Lipinski definition) is 0. The van der Waals surface area contributed by atoms with Gasteiger partial charge in [-0.05, 0) is 32.4 Å². The van der Waals surface area contributed by atoms with Crippen LogP contribution in [0.3, 0.4) is 0 Å². The molecule has 1 nitrogen and oxygen atoms in total. The van der Waals surface area contributed by atoms with E-state index in [9.17, 15) is 0 Å². The Hall–Kier alpha value is -0.290. The van der Waals surface area contributed by atoms with E-state index in [2.05, 4.69) is 19.9 Å². The molecule has 0 fully saturated rings. The molecule has 0 aromatic carbocycles. The van der Waals surface area contributed by atoms with Crippen molar-refractivity contribution in [1.29, 1.82) is 0 Å². The first kappa shape index (κ1) is 7.81. The zero-order valence-electron chi connectivity index (χ0n) is 6.50. The third-order valence-electron chi connectivity index (χ3n) is 1.58. The zero-order valence-corrected chi connectivity index (χ0v) is 7.40. The van der Waals surface area contributed by atoms with Gasteiger partial charge in [-0.3, -0.25) is 0 Å². The molecule has 1 rings (SSSR count). The molecular weight excluding hydrogens is 143 g/mol. The molecule has 2 heteroatoms. The molecule has 0 bridgehead atoms. The van der Waals surface area contributed by atoms with Gasteiger partial charge >= 0.3 is 0 Å². The Morgan fingerprint density at radius 2 is 2.10 bits per heavy atom. The Kier molecular flexibility index (Phi) is 2.95. The van der Waals surface area contributed by atoms with Gasteiger partial charge in [0.25, 0.3) is 0 Å². The predicted octanol–water partition coefficient (Wildman–Crippen LogP) is 2.43. The SMILES string of the molecule is CCP(CC)c1ccco1. The van der Waals surface area contributed by atoms with Crippen molar-refractivity contribution in [1.82, 2.24) is 0 Å². The second-order valence-electron chi connectivity index (χ2n) is 2.12. The highest BCUT2D eigenvalue weighted by atomic mass is 31.1. The van der Waals surface area contributed by atoms with Crippen LogP contribution in [0.2, 0.25) is 0 Å². The van der Waals surface area contributed by atoms with Crippen molar-refractivity contribution in [2.75, 3.05) is 12.3 Å². The largest absolute Gasteiger partial charge is 0.465 e. The topological polar surface area (TPSA) is 13.1 Å². The number of rotatable bonds is 3. The van der Waals surface area contributed by atoms with Crippen molar-refractivity contribution in [2.24, 2.45) is 0 Å². The van der Waals surface area contributed by atoms with Crippen molar-refractivity contribution < 1.29 is 4.42 Å². The van der Waals surface area contributed by atoms with Crippen LogP contribution >= 0.6 is 7.92 Å². The van der Waals surface area contributed by atoms with Gasteiger partial charge in [0.1, 0.15) is 5.50 Å². The predicted molar refractivity (Wildman–Crippen MR) is 46.3 cm³/mol. The van der Waals surface area contributed by atoms with Crippen LogP contribution < -0.4 is 5.50 Å². The Balaban J connectivity index is 2.64. The summed E-state index contributed by atoms with van der Waals surface area (Å²) < 4.78 is 5.31. The van der Waals surface area contributed by atoms with Crippen LogP contribution in [0, 0.1) is 0 Å². The highest BCUT2D eigenvalue weighted by molar-refractivity contribution is 7.65. The van der Waals surface area contributed by atoms with Crippen LogP contribution in [0.15, 0.2) is 22.8 Å². The van der Waals surface area contributed by atoms with E-state index >= 15 is 0 Å². The molecule has 0 saturated heterocycles. The van der Waals surface area contributed by atoms with Crippen LogP contribution in [-0.2, 0) is 0 Å². The smallest absolute Gasteiger partial charge is 0.125 e. The maximum Gasteiger partial charge on any atom is 0.125 e. The minimum absolute atomic E-state index is 0.0190. The zero-order chi connectivity index (χ0) is 7.40. The molecule has 0 saturated carbocycles. The minimum Gasteiger partial charge on any atom is -0.465 e. The summed E-state index contributed by atoms with van der Waals surface area (Å²) in [5, 5.41) is 0. The van der Waals surface area contributed by atoms with E-state index in [4.69, 9.17) is 4.42 Å². The molecule has 0 unspecified atom stereocenters. The van der Waals surface area contributed by atoms with Crippen molar-refractivity contribution in [3.8, 4) is 0 Å². The average molecular weight is 156 g/mol. The average Bonchev–Trinajstić information content (AvgIpc) is 2.43. The monoisotopic (exact) mass is 156 g/mol. The second-order valence-corrected chi connectivity index (χ2v) is 4.91. The molecule has 10 heavy (non-hydrogen) atoms. The van der Waals surface area contributed by atoms with Crippen molar-refractivity contribution in [2.45, 2.75) is 13.8 Å². The third-order valence-corrected chi connectivity index (χ3v) is 3.99. The summed E-state index contributed by atoms with van der Waals surface area (Å²) in [5.41, 5.74) is 1.19. The molecule has 0 N–H and O–H groups in total. The summed E-state index contributed by atoms with van der Waals surface area (Å²) in [6.45, 7) is 4.44. The van der Waals surface area contributed by atoms with Gasteiger partial charge in [-0.25, -0.2) is 0 Å². The molecule has 0 amide bonds. The van der Waals surface area contributed by atoms with Crippen molar-refractivity contribution in [3.63, 3.8) is 0 Å². The molecule has 0 spiro atoms. The van der Waals surface area contributed by atoms with E-state index in [0.717, 1.165) is 0 Å². The first-order chi connectivity index (χ1) is 4.88. The molecule has 0 aliphatic carbocycles. The van der Waals surface area contributed by atoms with Crippen molar-refractivity contribution >= 4 is 13.4 Å². The quantitative estimate of drug-likeness (QED) is 0.612. The Labute approximate surface area is 63.2 Å². The lowest BCUT2D eigenvalue weighted by atomic mass is 10.7. The molecule has 1 aromatic heterocycles. The summed E-state index contributed by atoms with van der Waals surface area (Å²) in [4.78, 5) is 0. The van der Waals surface area contributed by atoms with Crippen LogP contribution in [0.4, 0.5) is 0 Å². The first-order valence-corrected chi connectivity index (χ1v) is 5.38. The van der Waals surface area contributed by atoms with Gasteiger partial charge in [-0.15, -0.1) is 0 Å². The van der Waals surface area contributed by atoms with Crippen LogP contribution in [0.25, 0.3) is 0 Å². The van der Waals surface area contributed by atoms with E-state index in [1.165, 1.54) is 17.8 Å². The van der Waals surface area contributed by atoms with E-state index in [0.29, 0.717) is 0 Å². The summed E-state index contributed by atoms with van der Waals surface area (Å²) in [5.74, 6) is 0. The van der Waals surface area contributed by atoms with Gasteiger partial charge in [0.05, 0.1) is 6.26 Å². The second kappa shape index (κ2) is 3.78. The molecular formula is C8H13OP. The number of furan rings is 1. The van der Waals surface area contributed by atoms with E-state index in [1.807, 2.05) is 6.07 Å². The summed E-state index contributed by atoms with van der Waals surface area (Å²) >= 11 is 0. The van der Waals surface area contributed by atoms with E-state index < -0.39 is 0 Å². The lowest BCUT2D eigenvalue weighted by Gasteiger charge is -2.07. The van der Waals surface area contributed by atoms with Crippen LogP contribution in [0.1, 0.15) is 13.8 Å². The lowest BCUT2D eigenvalue weighted by Crippen LogP contribution is -1.99. The van der Waals surface area contributed by atoms with E-state index in [1.54, 1.807) is 6.26 Å². The molecule has 1 heterocycles. The Morgan fingerprint density at radius 1 is 1.40 bits per heavy atom. The van der Waals surface area contributed by atoms with Crippen LogP contribution in [-0.4, -0.2) is 12.3 Å². The lowest BCUT2D eigenvalue weighted by molar-refractivity contribution is 0.602. The fourth-order valence-corrected chi connectivity index (χ4v) is 2.56. The standard InChI is InChI=1S/C8H13OP/c1-3-10(4-2)8-6-5-7-9-8/h5-7H,3-4H2,1-2H3. The molecule has 0 atom stereocenters. The molecule has 56 valence electrons.